The lowest BCUT2D eigenvalue weighted by atomic mass is 10.1. The number of benzene rings is 2. The van der Waals surface area contributed by atoms with Crippen LogP contribution < -0.4 is 4.90 Å². The Bertz CT molecular complexity index is 1080. The van der Waals surface area contributed by atoms with Gasteiger partial charge in [0.2, 0.25) is 5.91 Å². The number of rotatable bonds is 5. The van der Waals surface area contributed by atoms with Crippen molar-refractivity contribution in [1.29, 1.82) is 0 Å². The lowest BCUT2D eigenvalue weighted by molar-refractivity contribution is -0.118. The lowest BCUT2D eigenvalue weighted by Crippen LogP contribution is -2.29. The summed E-state index contributed by atoms with van der Waals surface area (Å²) in [6, 6.07) is 16.0. The normalized spacial score (nSPS) is 12.9. The number of fused-ring (bicyclic) bond motifs is 1. The number of aromatic nitrogens is 1. The van der Waals surface area contributed by atoms with E-state index in [0.29, 0.717) is 25.1 Å². The van der Waals surface area contributed by atoms with E-state index in [1.807, 2.05) is 40.7 Å². The Balaban J connectivity index is 1.60. The van der Waals surface area contributed by atoms with Crippen LogP contribution in [0.3, 0.4) is 0 Å². The molecule has 2 heterocycles. The van der Waals surface area contributed by atoms with E-state index >= 15 is 0 Å². The highest BCUT2D eigenvalue weighted by Gasteiger charge is 2.24. The molecule has 0 bridgehead atoms. The van der Waals surface area contributed by atoms with Crippen LogP contribution in [0.4, 0.5) is 10.1 Å². The van der Waals surface area contributed by atoms with Crippen LogP contribution in [0.2, 0.25) is 0 Å². The van der Waals surface area contributed by atoms with Gasteiger partial charge in [-0.15, -0.1) is 0 Å². The van der Waals surface area contributed by atoms with Crippen LogP contribution in [-0.2, 0) is 17.8 Å². The smallest absolute Gasteiger partial charge is 0.228 e. The summed E-state index contributed by atoms with van der Waals surface area (Å²) in [7, 11) is 0. The first-order chi connectivity index (χ1) is 14.0. The van der Waals surface area contributed by atoms with Crippen LogP contribution in [0.25, 0.3) is 11.3 Å². The Morgan fingerprint density at radius 2 is 1.79 bits per heavy atom. The third-order valence-corrected chi connectivity index (χ3v) is 5.62. The molecule has 3 aromatic rings. The van der Waals surface area contributed by atoms with E-state index < -0.39 is 0 Å². The molecule has 0 saturated carbocycles. The minimum atomic E-state index is -0.307. The highest BCUT2D eigenvalue weighted by atomic mass is 19.1. The summed E-state index contributed by atoms with van der Waals surface area (Å²) in [6.45, 7) is 4.59. The average molecular weight is 390 g/mol. The highest BCUT2D eigenvalue weighted by Crippen LogP contribution is 2.30. The molecule has 29 heavy (non-hydrogen) atoms. The van der Waals surface area contributed by atoms with E-state index in [-0.39, 0.29) is 17.5 Å². The fourth-order valence-corrected chi connectivity index (χ4v) is 4.09. The molecule has 4 rings (SSSR count). The molecule has 0 atom stereocenters. The number of hydrogen-bond acceptors (Lipinski definition) is 2. The molecule has 0 fully saturated rings. The van der Waals surface area contributed by atoms with E-state index in [9.17, 15) is 14.0 Å². The zero-order chi connectivity index (χ0) is 20.5. The fourth-order valence-electron chi connectivity index (χ4n) is 4.09. The van der Waals surface area contributed by atoms with Gasteiger partial charge in [-0.05, 0) is 67.8 Å². The number of carbonyl (C=O) groups is 2. The van der Waals surface area contributed by atoms with Crippen LogP contribution >= 0.6 is 0 Å². The number of halogens is 1. The number of anilines is 1. The summed E-state index contributed by atoms with van der Waals surface area (Å²) in [5, 5.41) is 0. The second-order valence-corrected chi connectivity index (χ2v) is 7.42. The van der Waals surface area contributed by atoms with Gasteiger partial charge in [-0.25, -0.2) is 4.39 Å². The van der Waals surface area contributed by atoms with Crippen LogP contribution in [0.5, 0.6) is 0 Å². The first-order valence-corrected chi connectivity index (χ1v) is 9.81. The quantitative estimate of drug-likeness (QED) is 0.588. The molecule has 0 N–H and O–H groups in total. The van der Waals surface area contributed by atoms with Crippen molar-refractivity contribution in [2.24, 2.45) is 0 Å². The van der Waals surface area contributed by atoms with Gasteiger partial charge >= 0.3 is 0 Å². The van der Waals surface area contributed by atoms with Gasteiger partial charge in [0.25, 0.3) is 0 Å². The maximum atomic E-state index is 13.4. The maximum Gasteiger partial charge on any atom is 0.228 e. The standard InChI is InChI=1S/C24H23FN2O2/c1-16-21(17(2)28)15-23(19-7-9-20(25)10-8-19)26(16)14-12-24(29)27-13-11-18-5-3-4-6-22(18)27/h3-10,15H,11-14H2,1-2H3. The molecule has 2 aromatic carbocycles. The highest BCUT2D eigenvalue weighted by molar-refractivity contribution is 5.97. The SMILES string of the molecule is CC(=O)c1cc(-c2ccc(F)cc2)n(CCC(=O)N2CCc3ccccc32)c1C. The van der Waals surface area contributed by atoms with Gasteiger partial charge < -0.3 is 9.47 Å². The first-order valence-electron chi connectivity index (χ1n) is 9.81. The Hall–Kier alpha value is -3.21. The Morgan fingerprint density at radius 1 is 1.07 bits per heavy atom. The molecule has 0 aliphatic carbocycles. The zero-order valence-electron chi connectivity index (χ0n) is 16.6. The topological polar surface area (TPSA) is 42.3 Å². The van der Waals surface area contributed by atoms with Gasteiger partial charge in [0.1, 0.15) is 5.82 Å². The molecular formula is C24H23FN2O2. The zero-order valence-corrected chi connectivity index (χ0v) is 16.6. The second kappa shape index (κ2) is 7.66. The largest absolute Gasteiger partial charge is 0.344 e. The van der Waals surface area contributed by atoms with Crippen molar-refractivity contribution in [2.45, 2.75) is 33.2 Å². The number of nitrogens with zero attached hydrogens (tertiary/aromatic N) is 2. The number of hydrogen-bond donors (Lipinski definition) is 0. The first kappa shape index (κ1) is 19.1. The van der Waals surface area contributed by atoms with Crippen molar-refractivity contribution in [3.05, 3.63) is 77.2 Å². The van der Waals surface area contributed by atoms with Crippen molar-refractivity contribution < 1.29 is 14.0 Å². The number of carbonyl (C=O) groups excluding carboxylic acids is 2. The molecule has 148 valence electrons. The molecule has 5 heteroatoms. The van der Waals surface area contributed by atoms with Crippen LogP contribution in [0.1, 0.15) is 35.0 Å². The van der Waals surface area contributed by atoms with E-state index in [1.54, 1.807) is 12.1 Å². The van der Waals surface area contributed by atoms with Gasteiger partial charge in [0, 0.05) is 42.1 Å². The minimum absolute atomic E-state index is 0.0237. The molecule has 0 saturated heterocycles. The lowest BCUT2D eigenvalue weighted by Gasteiger charge is -2.19. The van der Waals surface area contributed by atoms with E-state index in [1.165, 1.54) is 24.6 Å². The number of para-hydroxylation sites is 1. The molecule has 1 aliphatic heterocycles. The Labute approximate surface area is 169 Å². The molecule has 1 aliphatic rings. The number of ketones is 1. The minimum Gasteiger partial charge on any atom is -0.344 e. The van der Waals surface area contributed by atoms with Crippen molar-refractivity contribution in [2.75, 3.05) is 11.4 Å². The Morgan fingerprint density at radius 3 is 2.52 bits per heavy atom. The predicted molar refractivity (Wildman–Crippen MR) is 112 cm³/mol. The summed E-state index contributed by atoms with van der Waals surface area (Å²) < 4.78 is 15.3. The summed E-state index contributed by atoms with van der Waals surface area (Å²) >= 11 is 0. The summed E-state index contributed by atoms with van der Waals surface area (Å²) in [5.74, 6) is -0.264. The molecular weight excluding hydrogens is 367 g/mol. The summed E-state index contributed by atoms with van der Waals surface area (Å²) in [5.41, 5.74) is 5.28. The van der Waals surface area contributed by atoms with Gasteiger partial charge in [-0.1, -0.05) is 18.2 Å². The second-order valence-electron chi connectivity index (χ2n) is 7.42. The van der Waals surface area contributed by atoms with Crippen molar-refractivity contribution in [3.8, 4) is 11.3 Å². The number of Topliss-reactive ketones (excluding diaryl/α,β-unsaturated/α-hetero) is 1. The molecule has 1 amide bonds. The van der Waals surface area contributed by atoms with Crippen molar-refractivity contribution in [3.63, 3.8) is 0 Å². The summed E-state index contributed by atoms with van der Waals surface area (Å²) in [4.78, 5) is 26.8. The van der Waals surface area contributed by atoms with Crippen LogP contribution in [0.15, 0.2) is 54.6 Å². The van der Waals surface area contributed by atoms with Crippen LogP contribution in [-0.4, -0.2) is 22.8 Å². The Kier molecular flexibility index (Phi) is 5.05. The van der Waals surface area contributed by atoms with E-state index in [4.69, 9.17) is 0 Å². The molecule has 4 nitrogen and oxygen atoms in total. The molecule has 1 aromatic heterocycles. The van der Waals surface area contributed by atoms with Crippen molar-refractivity contribution >= 4 is 17.4 Å². The van der Waals surface area contributed by atoms with E-state index in [2.05, 4.69) is 6.07 Å². The predicted octanol–water partition coefficient (Wildman–Crippen LogP) is 4.78. The number of amides is 1. The third-order valence-electron chi connectivity index (χ3n) is 5.62. The molecule has 0 radical (unpaired) electrons. The monoisotopic (exact) mass is 390 g/mol. The van der Waals surface area contributed by atoms with Gasteiger partial charge in [0.15, 0.2) is 5.78 Å². The van der Waals surface area contributed by atoms with E-state index in [0.717, 1.165) is 29.1 Å². The third kappa shape index (κ3) is 3.60. The summed E-state index contributed by atoms with van der Waals surface area (Å²) in [6.07, 6.45) is 1.20. The van der Waals surface area contributed by atoms with Gasteiger partial charge in [-0.3, -0.25) is 9.59 Å². The van der Waals surface area contributed by atoms with Gasteiger partial charge in [0.05, 0.1) is 0 Å². The fraction of sp³-hybridized carbons (Fsp3) is 0.250. The average Bonchev–Trinajstić information content (AvgIpc) is 3.28. The molecule has 0 spiro atoms. The molecule has 0 unspecified atom stereocenters. The van der Waals surface area contributed by atoms with Crippen molar-refractivity contribution in [1.82, 2.24) is 4.57 Å². The maximum absolute atomic E-state index is 13.4. The van der Waals surface area contributed by atoms with Crippen LogP contribution in [0, 0.1) is 12.7 Å². The van der Waals surface area contributed by atoms with Gasteiger partial charge in [-0.2, -0.15) is 0 Å².